The Kier molecular flexibility index (Phi) is 4.45. The van der Waals surface area contributed by atoms with Crippen LogP contribution < -0.4 is 10.5 Å². The molecule has 5 heteroatoms. The summed E-state index contributed by atoms with van der Waals surface area (Å²) in [7, 11) is 1.49. The summed E-state index contributed by atoms with van der Waals surface area (Å²) in [6, 6.07) is 9.37. The quantitative estimate of drug-likeness (QED) is 0.901. The number of methoxy groups -OCH3 is 1. The minimum absolute atomic E-state index is 0.391. The van der Waals surface area contributed by atoms with E-state index >= 15 is 0 Å². The van der Waals surface area contributed by atoms with E-state index in [1.165, 1.54) is 13.2 Å². The molecular weight excluding hydrogens is 333 g/mol. The lowest BCUT2D eigenvalue weighted by Crippen LogP contribution is -2.13. The number of nitrogens with two attached hydrogens (primary N) is 1. The SMILES string of the molecule is COc1ccc(C(N)c2ccc(Cl)c(Br)c2)c(F)c1. The van der Waals surface area contributed by atoms with Gasteiger partial charge >= 0.3 is 0 Å². The van der Waals surface area contributed by atoms with Crippen LogP contribution in [0.4, 0.5) is 4.39 Å². The Balaban J connectivity index is 2.38. The summed E-state index contributed by atoms with van der Waals surface area (Å²) < 4.78 is 19.7. The van der Waals surface area contributed by atoms with Gasteiger partial charge < -0.3 is 10.5 Å². The fourth-order valence-electron chi connectivity index (χ4n) is 1.77. The summed E-state index contributed by atoms with van der Waals surface area (Å²) in [4.78, 5) is 0. The molecule has 0 heterocycles. The second kappa shape index (κ2) is 5.90. The van der Waals surface area contributed by atoms with Gasteiger partial charge in [0, 0.05) is 16.1 Å². The van der Waals surface area contributed by atoms with Crippen molar-refractivity contribution >= 4 is 27.5 Å². The van der Waals surface area contributed by atoms with Crippen molar-refractivity contribution < 1.29 is 9.13 Å². The third-order valence-electron chi connectivity index (χ3n) is 2.85. The van der Waals surface area contributed by atoms with Crippen molar-refractivity contribution in [1.82, 2.24) is 0 Å². The fraction of sp³-hybridized carbons (Fsp3) is 0.143. The molecule has 0 aromatic heterocycles. The van der Waals surface area contributed by atoms with E-state index in [-0.39, 0.29) is 0 Å². The molecule has 2 rings (SSSR count). The summed E-state index contributed by atoms with van der Waals surface area (Å²) in [6.07, 6.45) is 0. The Morgan fingerprint density at radius 2 is 2.00 bits per heavy atom. The maximum Gasteiger partial charge on any atom is 0.132 e. The lowest BCUT2D eigenvalue weighted by atomic mass is 9.99. The molecule has 19 heavy (non-hydrogen) atoms. The van der Waals surface area contributed by atoms with E-state index in [1.54, 1.807) is 30.3 Å². The van der Waals surface area contributed by atoms with Gasteiger partial charge in [0.1, 0.15) is 11.6 Å². The maximum atomic E-state index is 14.0. The van der Waals surface area contributed by atoms with Crippen LogP contribution in [0.2, 0.25) is 5.02 Å². The molecule has 2 N–H and O–H groups in total. The summed E-state index contributed by atoms with van der Waals surface area (Å²) in [5.74, 6) is 0.0728. The Labute approximate surface area is 124 Å². The van der Waals surface area contributed by atoms with Crippen molar-refractivity contribution in [3.05, 3.63) is 62.8 Å². The Morgan fingerprint density at radius 3 is 2.58 bits per heavy atom. The summed E-state index contributed by atoms with van der Waals surface area (Å²) in [5.41, 5.74) is 7.27. The minimum atomic E-state index is -0.556. The van der Waals surface area contributed by atoms with Gasteiger partial charge in [-0.25, -0.2) is 4.39 Å². The Morgan fingerprint density at radius 1 is 1.26 bits per heavy atom. The molecule has 0 saturated carbocycles. The standard InChI is InChI=1S/C14H12BrClFNO/c1-19-9-3-4-10(13(17)7-9)14(18)8-2-5-12(16)11(15)6-8/h2-7,14H,18H2,1H3. The molecule has 1 unspecified atom stereocenters. The van der Waals surface area contributed by atoms with Gasteiger partial charge in [-0.05, 0) is 39.7 Å². The monoisotopic (exact) mass is 343 g/mol. The molecule has 0 spiro atoms. The van der Waals surface area contributed by atoms with E-state index in [2.05, 4.69) is 15.9 Å². The van der Waals surface area contributed by atoms with E-state index < -0.39 is 11.9 Å². The average molecular weight is 345 g/mol. The highest BCUT2D eigenvalue weighted by atomic mass is 79.9. The lowest BCUT2D eigenvalue weighted by Gasteiger charge is -2.15. The molecule has 0 saturated heterocycles. The van der Waals surface area contributed by atoms with Crippen LogP contribution in [-0.4, -0.2) is 7.11 Å². The number of hydrogen-bond acceptors (Lipinski definition) is 2. The third-order valence-corrected chi connectivity index (χ3v) is 4.06. The molecule has 2 aromatic rings. The fourth-order valence-corrected chi connectivity index (χ4v) is 2.29. The van der Waals surface area contributed by atoms with Gasteiger partial charge in [-0.2, -0.15) is 0 Å². The first-order valence-corrected chi connectivity index (χ1v) is 6.74. The van der Waals surface area contributed by atoms with Crippen LogP contribution in [0.25, 0.3) is 0 Å². The molecule has 0 aliphatic carbocycles. The van der Waals surface area contributed by atoms with Crippen molar-refractivity contribution in [2.45, 2.75) is 6.04 Å². The zero-order valence-corrected chi connectivity index (χ0v) is 12.5. The molecule has 2 aromatic carbocycles. The molecule has 100 valence electrons. The van der Waals surface area contributed by atoms with E-state index in [0.717, 1.165) is 10.0 Å². The van der Waals surface area contributed by atoms with E-state index in [0.29, 0.717) is 16.3 Å². The third kappa shape index (κ3) is 3.08. The predicted octanol–water partition coefficient (Wildman–Crippen LogP) is 4.30. The summed E-state index contributed by atoms with van der Waals surface area (Å²) >= 11 is 9.25. The second-order valence-electron chi connectivity index (χ2n) is 4.04. The number of ether oxygens (including phenoxy) is 1. The Bertz CT molecular complexity index is 606. The van der Waals surface area contributed by atoms with Crippen molar-refractivity contribution in [2.24, 2.45) is 5.73 Å². The molecule has 0 radical (unpaired) electrons. The van der Waals surface area contributed by atoms with Crippen LogP contribution >= 0.6 is 27.5 Å². The van der Waals surface area contributed by atoms with Crippen molar-refractivity contribution in [3.63, 3.8) is 0 Å². The first-order chi connectivity index (χ1) is 9.02. The van der Waals surface area contributed by atoms with Crippen LogP contribution in [0.3, 0.4) is 0 Å². The van der Waals surface area contributed by atoms with E-state index in [1.807, 2.05) is 0 Å². The highest BCUT2D eigenvalue weighted by Gasteiger charge is 2.15. The van der Waals surface area contributed by atoms with Crippen LogP contribution in [0.5, 0.6) is 5.75 Å². The second-order valence-corrected chi connectivity index (χ2v) is 5.30. The van der Waals surface area contributed by atoms with E-state index in [9.17, 15) is 4.39 Å². The smallest absolute Gasteiger partial charge is 0.132 e. The largest absolute Gasteiger partial charge is 0.497 e. The molecule has 0 aliphatic heterocycles. The maximum absolute atomic E-state index is 14.0. The first kappa shape index (κ1) is 14.3. The number of hydrogen-bond donors (Lipinski definition) is 1. The molecule has 0 aliphatic rings. The van der Waals surface area contributed by atoms with Gasteiger partial charge in [-0.1, -0.05) is 23.7 Å². The van der Waals surface area contributed by atoms with Crippen molar-refractivity contribution in [2.75, 3.05) is 7.11 Å². The molecule has 0 amide bonds. The predicted molar refractivity (Wildman–Crippen MR) is 78.1 cm³/mol. The highest BCUT2D eigenvalue weighted by molar-refractivity contribution is 9.10. The lowest BCUT2D eigenvalue weighted by molar-refractivity contribution is 0.410. The topological polar surface area (TPSA) is 35.2 Å². The minimum Gasteiger partial charge on any atom is -0.497 e. The average Bonchev–Trinajstić information content (AvgIpc) is 2.41. The van der Waals surface area contributed by atoms with Gasteiger partial charge in [-0.3, -0.25) is 0 Å². The molecule has 1 atom stereocenters. The van der Waals surface area contributed by atoms with Crippen LogP contribution in [0.1, 0.15) is 17.2 Å². The normalized spacial score (nSPS) is 12.3. The van der Waals surface area contributed by atoms with Crippen LogP contribution in [0, 0.1) is 5.82 Å². The summed E-state index contributed by atoms with van der Waals surface area (Å²) in [6.45, 7) is 0. The molecule has 0 bridgehead atoms. The Hall–Kier alpha value is -1.10. The van der Waals surface area contributed by atoms with Crippen molar-refractivity contribution in [3.8, 4) is 5.75 Å². The van der Waals surface area contributed by atoms with Gasteiger partial charge in [0.05, 0.1) is 18.2 Å². The number of halogens is 3. The van der Waals surface area contributed by atoms with E-state index in [4.69, 9.17) is 22.1 Å². The zero-order valence-electron chi connectivity index (χ0n) is 10.2. The molecule has 2 nitrogen and oxygen atoms in total. The molecular formula is C14H12BrClFNO. The first-order valence-electron chi connectivity index (χ1n) is 5.57. The van der Waals surface area contributed by atoms with Gasteiger partial charge in [0.2, 0.25) is 0 Å². The number of rotatable bonds is 3. The van der Waals surface area contributed by atoms with Crippen LogP contribution in [-0.2, 0) is 0 Å². The zero-order chi connectivity index (χ0) is 14.0. The molecule has 0 fully saturated rings. The number of benzene rings is 2. The highest BCUT2D eigenvalue weighted by Crippen LogP contribution is 2.29. The van der Waals surface area contributed by atoms with Gasteiger partial charge in [-0.15, -0.1) is 0 Å². The van der Waals surface area contributed by atoms with Gasteiger partial charge in [0.15, 0.2) is 0 Å². The summed E-state index contributed by atoms with van der Waals surface area (Å²) in [5, 5.41) is 0.589. The van der Waals surface area contributed by atoms with Gasteiger partial charge in [0.25, 0.3) is 0 Å². The van der Waals surface area contributed by atoms with Crippen molar-refractivity contribution in [1.29, 1.82) is 0 Å². The van der Waals surface area contributed by atoms with Crippen LogP contribution in [0.15, 0.2) is 40.9 Å².